The molecule has 1 heterocycles. The number of amides is 2. The lowest BCUT2D eigenvalue weighted by Gasteiger charge is -2.23. The van der Waals surface area contributed by atoms with E-state index in [2.05, 4.69) is 11.9 Å². The SMILES string of the molecule is C=CC(=O)N(CC(=O)N[C@@H](Cc1ccsc1)B(O)O)c1cccc(CC)c1. The first-order chi connectivity index (χ1) is 12.9. The van der Waals surface area contributed by atoms with E-state index >= 15 is 0 Å². The molecule has 142 valence electrons. The molecular formula is C19H23BN2O4S. The summed E-state index contributed by atoms with van der Waals surface area (Å²) in [6, 6.07) is 9.22. The molecule has 1 aromatic heterocycles. The summed E-state index contributed by atoms with van der Waals surface area (Å²) in [6.45, 7) is 5.25. The Hall–Kier alpha value is -2.42. The summed E-state index contributed by atoms with van der Waals surface area (Å²) in [5, 5.41) is 25.5. The Morgan fingerprint density at radius 2 is 2.11 bits per heavy atom. The highest BCUT2D eigenvalue weighted by molar-refractivity contribution is 7.07. The topological polar surface area (TPSA) is 89.9 Å². The number of rotatable bonds is 9. The maximum absolute atomic E-state index is 12.5. The van der Waals surface area contributed by atoms with Crippen LogP contribution < -0.4 is 10.2 Å². The molecule has 6 nitrogen and oxygen atoms in total. The molecule has 27 heavy (non-hydrogen) atoms. The molecule has 0 spiro atoms. The number of anilines is 1. The summed E-state index contributed by atoms with van der Waals surface area (Å²) in [5.74, 6) is -1.76. The Kier molecular flexibility index (Phi) is 7.78. The van der Waals surface area contributed by atoms with Crippen LogP contribution in [0.1, 0.15) is 18.1 Å². The smallest absolute Gasteiger partial charge is 0.426 e. The normalized spacial score (nSPS) is 11.5. The van der Waals surface area contributed by atoms with Crippen LogP contribution in [0.25, 0.3) is 0 Å². The highest BCUT2D eigenvalue weighted by Crippen LogP contribution is 2.17. The van der Waals surface area contributed by atoms with Gasteiger partial charge in [0, 0.05) is 5.69 Å². The number of aryl methyl sites for hydroxylation is 1. The molecule has 2 rings (SSSR count). The van der Waals surface area contributed by atoms with Gasteiger partial charge in [0.1, 0.15) is 6.54 Å². The van der Waals surface area contributed by atoms with Crippen molar-refractivity contribution in [3.05, 3.63) is 64.9 Å². The molecule has 8 heteroatoms. The van der Waals surface area contributed by atoms with E-state index in [1.165, 1.54) is 16.2 Å². The third kappa shape index (κ3) is 6.06. The fraction of sp³-hybridized carbons (Fsp3) is 0.263. The van der Waals surface area contributed by atoms with Gasteiger partial charge < -0.3 is 15.4 Å². The zero-order valence-corrected chi connectivity index (χ0v) is 16.0. The van der Waals surface area contributed by atoms with Crippen LogP contribution in [0.4, 0.5) is 5.69 Å². The lowest BCUT2D eigenvalue weighted by Crippen LogP contribution is -2.51. The third-order valence-corrected chi connectivity index (χ3v) is 4.85. The van der Waals surface area contributed by atoms with Crippen molar-refractivity contribution in [3.63, 3.8) is 0 Å². The summed E-state index contributed by atoms with van der Waals surface area (Å²) in [6.07, 6.45) is 2.23. The number of carbonyl (C=O) groups is 2. The van der Waals surface area contributed by atoms with Crippen molar-refractivity contribution in [1.29, 1.82) is 0 Å². The molecule has 1 aromatic carbocycles. The molecule has 0 aliphatic rings. The third-order valence-electron chi connectivity index (χ3n) is 4.11. The van der Waals surface area contributed by atoms with Crippen LogP contribution in [0.3, 0.4) is 0 Å². The summed E-state index contributed by atoms with van der Waals surface area (Å²) in [7, 11) is -1.71. The number of hydrogen-bond donors (Lipinski definition) is 3. The molecule has 2 aromatic rings. The second kappa shape index (κ2) is 10.1. The van der Waals surface area contributed by atoms with Crippen molar-refractivity contribution in [2.45, 2.75) is 25.7 Å². The predicted octanol–water partition coefficient (Wildman–Crippen LogP) is 1.57. The van der Waals surface area contributed by atoms with E-state index in [1.807, 2.05) is 41.9 Å². The molecule has 0 aliphatic carbocycles. The summed E-state index contributed by atoms with van der Waals surface area (Å²) >= 11 is 1.49. The summed E-state index contributed by atoms with van der Waals surface area (Å²) < 4.78 is 0. The minimum atomic E-state index is -1.71. The van der Waals surface area contributed by atoms with Crippen molar-refractivity contribution >= 4 is 36.0 Å². The minimum absolute atomic E-state index is 0.245. The monoisotopic (exact) mass is 386 g/mol. The van der Waals surface area contributed by atoms with Crippen LogP contribution in [-0.2, 0) is 22.4 Å². The van der Waals surface area contributed by atoms with E-state index < -0.39 is 24.9 Å². The maximum Gasteiger partial charge on any atom is 0.475 e. The molecule has 2 amide bonds. The van der Waals surface area contributed by atoms with Crippen LogP contribution in [0.5, 0.6) is 0 Å². The number of nitrogens with one attached hydrogen (secondary N) is 1. The Bertz CT molecular complexity index is 780. The standard InChI is InChI=1S/C19H23BN2O4S/c1-3-14-6-5-7-16(10-14)22(19(24)4-2)12-18(23)21-17(20(25)26)11-15-8-9-27-13-15/h4-10,13,17,25-26H,2-3,11-12H2,1H3,(H,21,23)/t17-/m0/s1. The molecule has 0 saturated heterocycles. The van der Waals surface area contributed by atoms with Crippen LogP contribution in [-0.4, -0.2) is 41.5 Å². The quantitative estimate of drug-likeness (QED) is 0.451. The van der Waals surface area contributed by atoms with Gasteiger partial charge in [0.25, 0.3) is 5.91 Å². The van der Waals surface area contributed by atoms with Gasteiger partial charge in [0.15, 0.2) is 0 Å². The first kappa shape index (κ1) is 20.9. The number of nitrogens with zero attached hydrogens (tertiary/aromatic N) is 1. The van der Waals surface area contributed by atoms with E-state index in [0.717, 1.165) is 23.6 Å². The van der Waals surface area contributed by atoms with Crippen LogP contribution in [0.2, 0.25) is 0 Å². The molecule has 0 bridgehead atoms. The van der Waals surface area contributed by atoms with Crippen molar-refractivity contribution in [1.82, 2.24) is 5.32 Å². The van der Waals surface area contributed by atoms with Crippen molar-refractivity contribution in [2.24, 2.45) is 0 Å². The van der Waals surface area contributed by atoms with E-state index in [9.17, 15) is 19.6 Å². The lowest BCUT2D eigenvalue weighted by molar-refractivity contribution is -0.122. The number of benzene rings is 1. The first-order valence-electron chi connectivity index (χ1n) is 8.64. The lowest BCUT2D eigenvalue weighted by atomic mass is 9.76. The van der Waals surface area contributed by atoms with Gasteiger partial charge >= 0.3 is 7.12 Å². The van der Waals surface area contributed by atoms with Gasteiger partial charge in [0.05, 0.1) is 5.94 Å². The fourth-order valence-corrected chi connectivity index (χ4v) is 3.32. The number of thiophene rings is 1. The van der Waals surface area contributed by atoms with E-state index in [1.54, 1.807) is 6.07 Å². The van der Waals surface area contributed by atoms with Crippen molar-refractivity contribution in [3.8, 4) is 0 Å². The molecule has 0 unspecified atom stereocenters. The zero-order valence-electron chi connectivity index (χ0n) is 15.2. The first-order valence-corrected chi connectivity index (χ1v) is 9.58. The Morgan fingerprint density at radius 3 is 2.70 bits per heavy atom. The predicted molar refractivity (Wildman–Crippen MR) is 109 cm³/mol. The van der Waals surface area contributed by atoms with Crippen molar-refractivity contribution < 1.29 is 19.6 Å². The summed E-state index contributed by atoms with van der Waals surface area (Å²) in [5.41, 5.74) is 2.53. The van der Waals surface area contributed by atoms with Gasteiger partial charge in [-0.15, -0.1) is 0 Å². The average Bonchev–Trinajstić information content (AvgIpc) is 3.18. The van der Waals surface area contributed by atoms with Gasteiger partial charge in [0.2, 0.25) is 5.91 Å². The minimum Gasteiger partial charge on any atom is -0.426 e. The molecule has 3 N–H and O–H groups in total. The molecule has 1 atom stereocenters. The van der Waals surface area contributed by atoms with Gasteiger partial charge in [-0.2, -0.15) is 11.3 Å². The molecule has 0 saturated carbocycles. The van der Waals surface area contributed by atoms with E-state index in [-0.39, 0.29) is 13.0 Å². The summed E-state index contributed by atoms with van der Waals surface area (Å²) in [4.78, 5) is 26.1. The molecule has 0 fully saturated rings. The van der Waals surface area contributed by atoms with Gasteiger partial charge in [-0.25, -0.2) is 0 Å². The highest BCUT2D eigenvalue weighted by atomic mass is 32.1. The van der Waals surface area contributed by atoms with Crippen LogP contribution >= 0.6 is 11.3 Å². The fourth-order valence-electron chi connectivity index (χ4n) is 2.64. The Morgan fingerprint density at radius 1 is 1.33 bits per heavy atom. The number of hydrogen-bond acceptors (Lipinski definition) is 5. The maximum atomic E-state index is 12.5. The highest BCUT2D eigenvalue weighted by Gasteiger charge is 2.27. The van der Waals surface area contributed by atoms with E-state index in [0.29, 0.717) is 5.69 Å². The Labute approximate surface area is 163 Å². The zero-order chi connectivity index (χ0) is 19.8. The second-order valence-electron chi connectivity index (χ2n) is 6.08. The van der Waals surface area contributed by atoms with E-state index in [4.69, 9.17) is 0 Å². The molecule has 0 aliphatic heterocycles. The largest absolute Gasteiger partial charge is 0.475 e. The van der Waals surface area contributed by atoms with Crippen LogP contribution in [0, 0.1) is 0 Å². The van der Waals surface area contributed by atoms with Gasteiger partial charge in [-0.3, -0.25) is 14.5 Å². The second-order valence-corrected chi connectivity index (χ2v) is 6.86. The molecule has 0 radical (unpaired) electrons. The average molecular weight is 386 g/mol. The van der Waals surface area contributed by atoms with Crippen LogP contribution in [0.15, 0.2) is 53.7 Å². The van der Waals surface area contributed by atoms with Crippen molar-refractivity contribution in [2.75, 3.05) is 11.4 Å². The number of carbonyl (C=O) groups excluding carboxylic acids is 2. The van der Waals surface area contributed by atoms with Gasteiger partial charge in [-0.05, 0) is 59.0 Å². The Balaban J connectivity index is 2.12. The van der Waals surface area contributed by atoms with Gasteiger partial charge in [-0.1, -0.05) is 25.6 Å². The molecular weight excluding hydrogens is 363 g/mol.